The Labute approximate surface area is 85.7 Å². The van der Waals surface area contributed by atoms with Gasteiger partial charge in [0.05, 0.1) is 18.3 Å². The third-order valence-electron chi connectivity index (χ3n) is 1.49. The van der Waals surface area contributed by atoms with Crippen molar-refractivity contribution in [3.05, 3.63) is 12.7 Å². The van der Waals surface area contributed by atoms with Crippen LogP contribution in [-0.4, -0.2) is 25.4 Å². The molecule has 0 atom stereocenters. The van der Waals surface area contributed by atoms with Crippen molar-refractivity contribution >= 4 is 28.9 Å². The van der Waals surface area contributed by atoms with Crippen molar-refractivity contribution in [2.24, 2.45) is 0 Å². The molecule has 2 N–H and O–H groups in total. The Morgan fingerprint density at radius 3 is 2.80 bits per heavy atom. The van der Waals surface area contributed by atoms with Crippen LogP contribution in [0.2, 0.25) is 0 Å². The first-order valence-electron chi connectivity index (χ1n) is 3.71. The number of fused-ring (bicyclic) bond motifs is 1. The molecule has 0 aliphatic carbocycles. The summed E-state index contributed by atoms with van der Waals surface area (Å²) in [5.74, 6) is 0.0554. The number of nitrogens with zero attached hydrogens (tertiary/aromatic N) is 3. The standard InChI is InChI=1S/C6H4F3N5S/c7-6(8,9)15-14-5-3-4(11-1-10-3)12-2-13-5/h1-2H,(H2,10,11,12,13,14). The molecule has 0 spiro atoms. The molecule has 15 heavy (non-hydrogen) atoms. The lowest BCUT2D eigenvalue weighted by Crippen LogP contribution is -2.05. The highest BCUT2D eigenvalue weighted by atomic mass is 32.2. The van der Waals surface area contributed by atoms with Crippen LogP contribution >= 0.6 is 11.9 Å². The molecule has 0 aliphatic heterocycles. The molecule has 2 aromatic heterocycles. The number of aromatic nitrogens is 4. The van der Waals surface area contributed by atoms with Gasteiger partial charge in [0.25, 0.3) is 0 Å². The number of rotatable bonds is 2. The SMILES string of the molecule is FC(F)(F)SNc1ncnc2nc[nH]c12. The summed E-state index contributed by atoms with van der Waals surface area (Å²) in [6.45, 7) is 0. The van der Waals surface area contributed by atoms with E-state index in [2.05, 4.69) is 24.7 Å². The van der Waals surface area contributed by atoms with E-state index in [1.807, 2.05) is 0 Å². The highest BCUT2D eigenvalue weighted by Gasteiger charge is 2.29. The quantitative estimate of drug-likeness (QED) is 0.778. The Kier molecular flexibility index (Phi) is 2.39. The van der Waals surface area contributed by atoms with Crippen molar-refractivity contribution in [3.8, 4) is 0 Å². The van der Waals surface area contributed by atoms with Crippen LogP contribution in [0.4, 0.5) is 19.0 Å². The lowest BCUT2D eigenvalue weighted by Gasteiger charge is -2.06. The molecule has 0 aromatic carbocycles. The van der Waals surface area contributed by atoms with E-state index in [-0.39, 0.29) is 17.8 Å². The summed E-state index contributed by atoms with van der Waals surface area (Å²) >= 11 is -0.383. The summed E-state index contributed by atoms with van der Waals surface area (Å²) in [4.78, 5) is 13.9. The van der Waals surface area contributed by atoms with Gasteiger partial charge in [0.1, 0.15) is 11.8 Å². The highest BCUT2D eigenvalue weighted by molar-refractivity contribution is 8.01. The molecule has 0 saturated heterocycles. The molecule has 0 amide bonds. The summed E-state index contributed by atoms with van der Waals surface area (Å²) < 4.78 is 37.8. The first kappa shape index (κ1) is 10.0. The first-order chi connectivity index (χ1) is 7.06. The summed E-state index contributed by atoms with van der Waals surface area (Å²) in [7, 11) is 0. The second kappa shape index (κ2) is 3.57. The molecule has 2 aromatic rings. The second-order valence-electron chi connectivity index (χ2n) is 2.47. The molecule has 0 radical (unpaired) electrons. The molecule has 80 valence electrons. The number of hydrogen-bond acceptors (Lipinski definition) is 5. The maximum atomic E-state index is 11.9. The fourth-order valence-electron chi connectivity index (χ4n) is 0.949. The Morgan fingerprint density at radius 2 is 2.07 bits per heavy atom. The number of aromatic amines is 1. The van der Waals surface area contributed by atoms with Crippen LogP contribution in [0.1, 0.15) is 0 Å². The molecule has 0 saturated carbocycles. The Bertz CT molecular complexity index is 467. The number of H-pyrrole nitrogens is 1. The zero-order valence-corrected chi connectivity index (χ0v) is 7.85. The minimum atomic E-state index is -4.36. The fourth-order valence-corrected chi connectivity index (χ4v) is 1.32. The summed E-state index contributed by atoms with van der Waals surface area (Å²) in [5.41, 5.74) is -3.71. The van der Waals surface area contributed by atoms with Gasteiger partial charge in [-0.1, -0.05) is 0 Å². The summed E-state index contributed by atoms with van der Waals surface area (Å²) in [6, 6.07) is 0. The van der Waals surface area contributed by atoms with E-state index in [0.29, 0.717) is 11.2 Å². The molecule has 5 nitrogen and oxygen atoms in total. The van der Waals surface area contributed by atoms with Crippen LogP contribution < -0.4 is 4.72 Å². The molecule has 0 bridgehead atoms. The maximum Gasteiger partial charge on any atom is 0.461 e. The highest BCUT2D eigenvalue weighted by Crippen LogP contribution is 2.31. The van der Waals surface area contributed by atoms with Gasteiger partial charge in [-0.2, -0.15) is 13.2 Å². The maximum absolute atomic E-state index is 11.9. The molecule has 0 fully saturated rings. The topological polar surface area (TPSA) is 66.5 Å². The van der Waals surface area contributed by atoms with Crippen molar-refractivity contribution < 1.29 is 13.2 Å². The molecular weight excluding hydrogens is 231 g/mol. The van der Waals surface area contributed by atoms with Crippen molar-refractivity contribution in [1.29, 1.82) is 0 Å². The van der Waals surface area contributed by atoms with Gasteiger partial charge in [0, 0.05) is 0 Å². The average molecular weight is 235 g/mol. The van der Waals surface area contributed by atoms with E-state index in [1.165, 1.54) is 6.33 Å². The van der Waals surface area contributed by atoms with Crippen molar-refractivity contribution in [3.63, 3.8) is 0 Å². The van der Waals surface area contributed by atoms with Crippen LogP contribution in [-0.2, 0) is 0 Å². The summed E-state index contributed by atoms with van der Waals surface area (Å²) in [6.07, 6.45) is 2.48. The number of imidazole rings is 1. The fraction of sp³-hybridized carbons (Fsp3) is 0.167. The number of halogens is 3. The van der Waals surface area contributed by atoms with E-state index in [9.17, 15) is 13.2 Å². The zero-order valence-electron chi connectivity index (χ0n) is 7.04. The third-order valence-corrected chi connectivity index (χ3v) is 2.01. The third kappa shape index (κ3) is 2.29. The van der Waals surface area contributed by atoms with Crippen LogP contribution in [0.5, 0.6) is 0 Å². The lowest BCUT2D eigenvalue weighted by molar-refractivity contribution is -0.0323. The lowest BCUT2D eigenvalue weighted by atomic mass is 10.5. The average Bonchev–Trinajstić information content (AvgIpc) is 2.61. The smallest absolute Gasteiger partial charge is 0.340 e. The van der Waals surface area contributed by atoms with Crippen LogP contribution in [0.15, 0.2) is 12.7 Å². The van der Waals surface area contributed by atoms with Gasteiger partial charge in [0.15, 0.2) is 11.5 Å². The molecule has 2 rings (SSSR count). The van der Waals surface area contributed by atoms with Crippen molar-refractivity contribution in [1.82, 2.24) is 19.9 Å². The van der Waals surface area contributed by atoms with Crippen molar-refractivity contribution in [2.75, 3.05) is 4.72 Å². The molecule has 2 heterocycles. The minimum absolute atomic E-state index is 0.0554. The molecule has 0 unspecified atom stereocenters. The van der Waals surface area contributed by atoms with Gasteiger partial charge >= 0.3 is 5.51 Å². The van der Waals surface area contributed by atoms with Gasteiger partial charge in [-0.25, -0.2) is 15.0 Å². The van der Waals surface area contributed by atoms with Crippen LogP contribution in [0.25, 0.3) is 11.2 Å². The van der Waals surface area contributed by atoms with E-state index in [1.54, 1.807) is 0 Å². The number of alkyl halides is 3. The van der Waals surface area contributed by atoms with Gasteiger partial charge < -0.3 is 9.71 Å². The normalized spacial score (nSPS) is 11.9. The number of nitrogens with one attached hydrogen (secondary N) is 2. The predicted octanol–water partition coefficient (Wildman–Crippen LogP) is 1.93. The molecular formula is C6H4F3N5S. The van der Waals surface area contributed by atoms with Crippen LogP contribution in [0, 0.1) is 0 Å². The molecule has 9 heteroatoms. The van der Waals surface area contributed by atoms with Crippen molar-refractivity contribution in [2.45, 2.75) is 5.51 Å². The number of anilines is 1. The largest absolute Gasteiger partial charge is 0.461 e. The van der Waals surface area contributed by atoms with Crippen LogP contribution in [0.3, 0.4) is 0 Å². The predicted molar refractivity (Wildman–Crippen MR) is 49.0 cm³/mol. The Balaban J connectivity index is 2.24. The molecule has 0 aliphatic rings. The van der Waals surface area contributed by atoms with Gasteiger partial charge in [-0.15, -0.1) is 0 Å². The van der Waals surface area contributed by atoms with E-state index < -0.39 is 5.51 Å². The minimum Gasteiger partial charge on any atom is -0.340 e. The number of hydrogen-bond donors (Lipinski definition) is 2. The van der Waals surface area contributed by atoms with E-state index >= 15 is 0 Å². The summed E-state index contributed by atoms with van der Waals surface area (Å²) in [5, 5.41) is 0. The van der Waals surface area contributed by atoms with Gasteiger partial charge in [0.2, 0.25) is 0 Å². The van der Waals surface area contributed by atoms with Gasteiger partial charge in [-0.05, 0) is 0 Å². The van der Waals surface area contributed by atoms with E-state index in [0.717, 1.165) is 6.33 Å². The second-order valence-corrected chi connectivity index (χ2v) is 3.34. The Morgan fingerprint density at radius 1 is 1.27 bits per heavy atom. The zero-order chi connectivity index (χ0) is 10.9. The van der Waals surface area contributed by atoms with E-state index in [4.69, 9.17) is 0 Å². The Hall–Kier alpha value is -1.51. The monoisotopic (exact) mass is 235 g/mol. The van der Waals surface area contributed by atoms with Gasteiger partial charge in [-0.3, -0.25) is 0 Å². The first-order valence-corrected chi connectivity index (χ1v) is 4.53.